The molecule has 3 amide bonds. The molecule has 1 heterocycles. The smallest absolute Gasteiger partial charge is 0.303 e. The Bertz CT molecular complexity index is 1030. The van der Waals surface area contributed by atoms with Crippen LogP contribution in [0, 0.1) is 0 Å². The summed E-state index contributed by atoms with van der Waals surface area (Å²) < 4.78 is 6.06. The van der Waals surface area contributed by atoms with Gasteiger partial charge in [0, 0.05) is 19.4 Å². The molecule has 6 atom stereocenters. The second kappa shape index (κ2) is 33.6. The SMILES string of the molecule is CCCCCCCCCCCCCCCCCCN(C(=O)CCCCCCCCCCC)[C@@H]1O[C@H](CO)[C@@H](O)[C@H](O)[C@H]1NC(=O)[C@H](CO)NC(=O)CCC(=O)O. The highest BCUT2D eigenvalue weighted by atomic mass is 16.5. The molecule has 328 valence electrons. The van der Waals surface area contributed by atoms with Crippen LogP contribution in [-0.4, -0.2) is 111 Å². The molecule has 1 aliphatic rings. The lowest BCUT2D eigenvalue weighted by molar-refractivity contribution is -0.231. The van der Waals surface area contributed by atoms with E-state index in [2.05, 4.69) is 24.5 Å². The zero-order valence-electron chi connectivity index (χ0n) is 35.1. The van der Waals surface area contributed by atoms with Crippen molar-refractivity contribution in [3.63, 3.8) is 0 Å². The van der Waals surface area contributed by atoms with E-state index in [0.717, 1.165) is 38.5 Å². The molecule has 13 heteroatoms. The van der Waals surface area contributed by atoms with Gasteiger partial charge < -0.3 is 45.8 Å². The number of carboxylic acid groups (broad SMARTS) is 1. The molecule has 13 nitrogen and oxygen atoms in total. The Kier molecular flexibility index (Phi) is 31.0. The van der Waals surface area contributed by atoms with Crippen LogP contribution in [0.4, 0.5) is 0 Å². The monoisotopic (exact) mass is 800 g/mol. The van der Waals surface area contributed by atoms with Crippen molar-refractivity contribution in [3.8, 4) is 0 Å². The van der Waals surface area contributed by atoms with E-state index in [1.54, 1.807) is 0 Å². The lowest BCUT2D eigenvalue weighted by atomic mass is 9.94. The molecule has 0 aromatic heterocycles. The maximum Gasteiger partial charge on any atom is 0.303 e. The highest BCUT2D eigenvalue weighted by molar-refractivity contribution is 5.89. The van der Waals surface area contributed by atoms with Crippen LogP contribution in [0.5, 0.6) is 0 Å². The van der Waals surface area contributed by atoms with Crippen LogP contribution >= 0.6 is 0 Å². The van der Waals surface area contributed by atoms with E-state index in [4.69, 9.17) is 9.84 Å². The summed E-state index contributed by atoms with van der Waals surface area (Å²) in [4.78, 5) is 51.9. The number of amides is 3. The van der Waals surface area contributed by atoms with Crippen LogP contribution in [0.15, 0.2) is 0 Å². The van der Waals surface area contributed by atoms with Crippen molar-refractivity contribution in [2.75, 3.05) is 19.8 Å². The maximum atomic E-state index is 13.9. The molecular weight excluding hydrogens is 718 g/mol. The van der Waals surface area contributed by atoms with Crippen molar-refractivity contribution in [1.29, 1.82) is 0 Å². The van der Waals surface area contributed by atoms with E-state index in [1.807, 2.05) is 0 Å². The van der Waals surface area contributed by atoms with Crippen LogP contribution in [0.25, 0.3) is 0 Å². The molecule has 0 aromatic carbocycles. The second-order valence-electron chi connectivity index (χ2n) is 15.9. The van der Waals surface area contributed by atoms with Gasteiger partial charge in [0.1, 0.15) is 30.4 Å². The number of hydrogen-bond donors (Lipinski definition) is 7. The molecule has 1 saturated heterocycles. The lowest BCUT2D eigenvalue weighted by Crippen LogP contribution is -2.70. The third-order valence-electron chi connectivity index (χ3n) is 11.0. The van der Waals surface area contributed by atoms with Gasteiger partial charge in [0.2, 0.25) is 17.7 Å². The van der Waals surface area contributed by atoms with Gasteiger partial charge in [-0.2, -0.15) is 0 Å². The van der Waals surface area contributed by atoms with E-state index in [0.29, 0.717) is 12.8 Å². The number of aliphatic hydroxyl groups excluding tert-OH is 4. The molecular formula is C43H81N3O10. The first-order valence-electron chi connectivity index (χ1n) is 22.4. The summed E-state index contributed by atoms with van der Waals surface area (Å²) in [6, 6.07) is -2.83. The summed E-state index contributed by atoms with van der Waals surface area (Å²) >= 11 is 0. The molecule has 56 heavy (non-hydrogen) atoms. The van der Waals surface area contributed by atoms with Gasteiger partial charge in [-0.25, -0.2) is 0 Å². The molecule has 0 unspecified atom stereocenters. The van der Waals surface area contributed by atoms with Crippen LogP contribution in [0.3, 0.4) is 0 Å². The molecule has 7 N–H and O–H groups in total. The predicted octanol–water partition coefficient (Wildman–Crippen LogP) is 6.26. The van der Waals surface area contributed by atoms with Crippen LogP contribution < -0.4 is 10.6 Å². The number of nitrogens with one attached hydrogen (secondary N) is 2. The highest BCUT2D eigenvalue weighted by Gasteiger charge is 2.48. The number of rotatable bonds is 36. The molecule has 0 radical (unpaired) electrons. The number of carboxylic acids is 1. The fourth-order valence-electron chi connectivity index (χ4n) is 7.42. The average Bonchev–Trinajstić information content (AvgIpc) is 3.18. The Labute approximate surface area is 338 Å². The Hall–Kier alpha value is -2.32. The zero-order chi connectivity index (χ0) is 41.4. The standard InChI is InChI=1S/C43H81N3O10/c1-3-5-7-9-11-13-14-15-16-17-18-19-21-23-25-27-31-46(37(50)28-26-24-22-20-12-10-8-6-4-2)43-39(41(54)40(53)35(33-48)56-43)45-42(55)34(32-47)44-36(49)29-30-38(51)52/h34-35,39-41,43,47-48,53-54H,3-33H2,1-2H3,(H,44,49)(H,45,55)(H,51,52)/t34-,35+,39+,40+,41+,43+/m0/s1. The number of aliphatic carboxylic acids is 1. The van der Waals surface area contributed by atoms with Gasteiger partial charge in [-0.3, -0.25) is 19.2 Å². The Morgan fingerprint density at radius 3 is 1.48 bits per heavy atom. The van der Waals surface area contributed by atoms with Gasteiger partial charge in [0.15, 0.2) is 6.23 Å². The summed E-state index contributed by atoms with van der Waals surface area (Å²) in [5.41, 5.74) is 0. The van der Waals surface area contributed by atoms with Crippen LogP contribution in [-0.2, 0) is 23.9 Å². The molecule has 0 spiro atoms. The summed E-state index contributed by atoms with van der Waals surface area (Å²) in [6.07, 6.45) is 22.7. The first-order chi connectivity index (χ1) is 27.1. The molecule has 1 aliphatic heterocycles. The molecule has 0 bridgehead atoms. The van der Waals surface area contributed by atoms with Gasteiger partial charge in [0.25, 0.3) is 0 Å². The predicted molar refractivity (Wildman–Crippen MR) is 219 cm³/mol. The normalized spacial score (nSPS) is 20.1. The first-order valence-corrected chi connectivity index (χ1v) is 22.4. The van der Waals surface area contributed by atoms with E-state index >= 15 is 0 Å². The second-order valence-corrected chi connectivity index (χ2v) is 15.9. The van der Waals surface area contributed by atoms with Crippen LogP contribution in [0.1, 0.15) is 194 Å². The van der Waals surface area contributed by atoms with Crippen molar-refractivity contribution < 1.29 is 49.4 Å². The van der Waals surface area contributed by atoms with Crippen molar-refractivity contribution in [2.24, 2.45) is 0 Å². The highest BCUT2D eigenvalue weighted by Crippen LogP contribution is 2.26. The lowest BCUT2D eigenvalue weighted by Gasteiger charge is -2.47. The molecule has 0 aromatic rings. The number of unbranched alkanes of at least 4 members (excludes halogenated alkanes) is 23. The van der Waals surface area contributed by atoms with E-state index in [-0.39, 0.29) is 18.9 Å². The number of carbonyl (C=O) groups excluding carboxylic acids is 3. The van der Waals surface area contributed by atoms with Crippen molar-refractivity contribution >= 4 is 23.7 Å². The van der Waals surface area contributed by atoms with E-state index in [1.165, 1.54) is 114 Å². The summed E-state index contributed by atoms with van der Waals surface area (Å²) in [7, 11) is 0. The van der Waals surface area contributed by atoms with Crippen molar-refractivity contribution in [2.45, 2.75) is 230 Å². The average molecular weight is 800 g/mol. The van der Waals surface area contributed by atoms with Gasteiger partial charge in [0.05, 0.1) is 19.6 Å². The Balaban J connectivity index is 2.85. The van der Waals surface area contributed by atoms with Gasteiger partial charge in [-0.15, -0.1) is 0 Å². The molecule has 0 saturated carbocycles. The van der Waals surface area contributed by atoms with Gasteiger partial charge in [-0.05, 0) is 12.8 Å². The quantitative estimate of drug-likeness (QED) is 0.0354. The van der Waals surface area contributed by atoms with Crippen molar-refractivity contribution in [1.82, 2.24) is 15.5 Å². The van der Waals surface area contributed by atoms with E-state index < -0.39 is 80.5 Å². The summed E-state index contributed by atoms with van der Waals surface area (Å²) in [5.74, 6) is -3.09. The number of ether oxygens (including phenoxy) is 1. The minimum absolute atomic E-state index is 0.223. The summed E-state index contributed by atoms with van der Waals surface area (Å²) in [6.45, 7) is 3.27. The Morgan fingerprint density at radius 2 is 1.05 bits per heavy atom. The molecule has 0 aliphatic carbocycles. The van der Waals surface area contributed by atoms with Crippen molar-refractivity contribution in [3.05, 3.63) is 0 Å². The molecule has 1 rings (SSSR count). The molecule has 1 fully saturated rings. The minimum Gasteiger partial charge on any atom is -0.481 e. The summed E-state index contributed by atoms with van der Waals surface area (Å²) in [5, 5.41) is 55.7. The third kappa shape index (κ3) is 23.2. The number of aliphatic hydroxyl groups is 4. The van der Waals surface area contributed by atoms with E-state index in [9.17, 15) is 39.6 Å². The topological polar surface area (TPSA) is 206 Å². The largest absolute Gasteiger partial charge is 0.481 e. The fourth-order valence-corrected chi connectivity index (χ4v) is 7.42. The Morgan fingerprint density at radius 1 is 0.607 bits per heavy atom. The number of carbonyl (C=O) groups is 4. The van der Waals surface area contributed by atoms with Gasteiger partial charge in [-0.1, -0.05) is 162 Å². The third-order valence-corrected chi connectivity index (χ3v) is 11.0. The maximum absolute atomic E-state index is 13.9. The first kappa shape index (κ1) is 51.7. The fraction of sp³-hybridized carbons (Fsp3) is 0.907. The van der Waals surface area contributed by atoms with Gasteiger partial charge >= 0.3 is 5.97 Å². The number of hydrogen-bond acceptors (Lipinski definition) is 9. The number of nitrogens with zero attached hydrogens (tertiary/aromatic N) is 1. The van der Waals surface area contributed by atoms with Crippen LogP contribution in [0.2, 0.25) is 0 Å². The zero-order valence-corrected chi connectivity index (χ0v) is 35.1. The minimum atomic E-state index is -1.65.